The van der Waals surface area contributed by atoms with Gasteiger partial charge in [-0.3, -0.25) is 9.48 Å². The standard InChI is InChI=1S/C10H17N3O2/c1-2-7-13-9(4-6-12-13)10(15)11-5-3-8-14/h4,6,14H,2-3,5,7-8H2,1H3,(H,11,15). The van der Waals surface area contributed by atoms with Gasteiger partial charge in [0.15, 0.2) is 0 Å². The molecule has 5 heteroatoms. The van der Waals surface area contributed by atoms with Gasteiger partial charge in [-0.25, -0.2) is 0 Å². The third-order valence-electron chi connectivity index (χ3n) is 2.01. The van der Waals surface area contributed by atoms with Crippen molar-refractivity contribution in [1.82, 2.24) is 15.1 Å². The molecule has 0 spiro atoms. The Labute approximate surface area is 89.1 Å². The summed E-state index contributed by atoms with van der Waals surface area (Å²) in [7, 11) is 0. The molecule has 0 aromatic carbocycles. The largest absolute Gasteiger partial charge is 0.396 e. The van der Waals surface area contributed by atoms with Gasteiger partial charge in [0.1, 0.15) is 5.69 Å². The second-order valence-electron chi connectivity index (χ2n) is 3.27. The topological polar surface area (TPSA) is 67.2 Å². The van der Waals surface area contributed by atoms with Crippen molar-refractivity contribution in [3.05, 3.63) is 18.0 Å². The van der Waals surface area contributed by atoms with Crippen LogP contribution in [0, 0.1) is 0 Å². The molecule has 0 saturated carbocycles. The van der Waals surface area contributed by atoms with Crippen LogP contribution < -0.4 is 5.32 Å². The molecule has 0 radical (unpaired) electrons. The average Bonchev–Trinajstić information content (AvgIpc) is 2.67. The van der Waals surface area contributed by atoms with Gasteiger partial charge in [-0.05, 0) is 18.9 Å². The molecular weight excluding hydrogens is 194 g/mol. The van der Waals surface area contributed by atoms with Gasteiger partial charge >= 0.3 is 0 Å². The predicted octanol–water partition coefficient (Wildman–Crippen LogP) is 0.405. The number of aromatic nitrogens is 2. The zero-order chi connectivity index (χ0) is 11.1. The lowest BCUT2D eigenvalue weighted by atomic mass is 10.3. The average molecular weight is 211 g/mol. The minimum atomic E-state index is -0.130. The molecule has 1 amide bonds. The molecule has 0 aliphatic heterocycles. The fourth-order valence-electron chi connectivity index (χ4n) is 1.29. The lowest BCUT2D eigenvalue weighted by Crippen LogP contribution is -2.27. The van der Waals surface area contributed by atoms with E-state index in [2.05, 4.69) is 10.4 Å². The quantitative estimate of drug-likeness (QED) is 0.669. The van der Waals surface area contributed by atoms with E-state index in [-0.39, 0.29) is 12.5 Å². The first-order chi connectivity index (χ1) is 7.29. The number of aryl methyl sites for hydroxylation is 1. The van der Waals surface area contributed by atoms with E-state index in [0.717, 1.165) is 13.0 Å². The van der Waals surface area contributed by atoms with Crippen LogP contribution in [0.3, 0.4) is 0 Å². The summed E-state index contributed by atoms with van der Waals surface area (Å²) in [5.74, 6) is -0.130. The third-order valence-corrected chi connectivity index (χ3v) is 2.01. The Balaban J connectivity index is 2.53. The number of amides is 1. The van der Waals surface area contributed by atoms with Gasteiger partial charge in [0, 0.05) is 25.9 Å². The summed E-state index contributed by atoms with van der Waals surface area (Å²) in [6, 6.07) is 1.70. The molecule has 0 unspecified atom stereocenters. The number of carbonyl (C=O) groups is 1. The molecule has 0 atom stereocenters. The van der Waals surface area contributed by atoms with Crippen LogP contribution in [-0.4, -0.2) is 33.9 Å². The number of nitrogens with zero attached hydrogens (tertiary/aromatic N) is 2. The Morgan fingerprint density at radius 2 is 2.47 bits per heavy atom. The van der Waals surface area contributed by atoms with Crippen LogP contribution in [0.2, 0.25) is 0 Å². The smallest absolute Gasteiger partial charge is 0.269 e. The van der Waals surface area contributed by atoms with Gasteiger partial charge in [-0.15, -0.1) is 0 Å². The van der Waals surface area contributed by atoms with Crippen LogP contribution in [-0.2, 0) is 6.54 Å². The van der Waals surface area contributed by atoms with Crippen LogP contribution in [0.25, 0.3) is 0 Å². The van der Waals surface area contributed by atoms with Crippen LogP contribution in [0.15, 0.2) is 12.3 Å². The number of hydrogen-bond acceptors (Lipinski definition) is 3. The van der Waals surface area contributed by atoms with E-state index in [4.69, 9.17) is 5.11 Å². The Kier molecular flexibility index (Phi) is 4.83. The predicted molar refractivity (Wildman–Crippen MR) is 56.6 cm³/mol. The van der Waals surface area contributed by atoms with Crippen LogP contribution >= 0.6 is 0 Å². The fourth-order valence-corrected chi connectivity index (χ4v) is 1.29. The van der Waals surface area contributed by atoms with Crippen molar-refractivity contribution in [2.45, 2.75) is 26.3 Å². The van der Waals surface area contributed by atoms with E-state index < -0.39 is 0 Å². The van der Waals surface area contributed by atoms with Crippen molar-refractivity contribution in [3.8, 4) is 0 Å². The molecule has 84 valence electrons. The SMILES string of the molecule is CCCn1nccc1C(=O)NCCCO. The first-order valence-corrected chi connectivity index (χ1v) is 5.20. The van der Waals surface area contributed by atoms with Gasteiger partial charge < -0.3 is 10.4 Å². The lowest BCUT2D eigenvalue weighted by Gasteiger charge is -2.06. The van der Waals surface area contributed by atoms with E-state index >= 15 is 0 Å². The molecule has 0 fully saturated rings. The van der Waals surface area contributed by atoms with E-state index in [1.807, 2.05) is 6.92 Å². The van der Waals surface area contributed by atoms with Crippen molar-refractivity contribution in [3.63, 3.8) is 0 Å². The monoisotopic (exact) mass is 211 g/mol. The van der Waals surface area contributed by atoms with Crippen LogP contribution in [0.5, 0.6) is 0 Å². The highest BCUT2D eigenvalue weighted by Gasteiger charge is 2.10. The first-order valence-electron chi connectivity index (χ1n) is 5.20. The highest BCUT2D eigenvalue weighted by Crippen LogP contribution is 2.00. The highest BCUT2D eigenvalue weighted by atomic mass is 16.3. The van der Waals surface area contributed by atoms with Crippen LogP contribution in [0.1, 0.15) is 30.3 Å². The molecule has 1 aromatic rings. The van der Waals surface area contributed by atoms with E-state index in [1.54, 1.807) is 16.9 Å². The lowest BCUT2D eigenvalue weighted by molar-refractivity contribution is 0.0940. The Hall–Kier alpha value is -1.36. The van der Waals surface area contributed by atoms with Crippen LogP contribution in [0.4, 0.5) is 0 Å². The molecule has 1 rings (SSSR count). The first kappa shape index (κ1) is 11.7. The van der Waals surface area contributed by atoms with Crippen molar-refractivity contribution in [2.75, 3.05) is 13.2 Å². The summed E-state index contributed by atoms with van der Waals surface area (Å²) in [6.45, 7) is 3.37. The fraction of sp³-hybridized carbons (Fsp3) is 0.600. The van der Waals surface area contributed by atoms with Gasteiger partial charge in [-0.2, -0.15) is 5.10 Å². The highest BCUT2D eigenvalue weighted by molar-refractivity contribution is 5.92. The van der Waals surface area contributed by atoms with Crippen molar-refractivity contribution in [2.24, 2.45) is 0 Å². The molecule has 5 nitrogen and oxygen atoms in total. The van der Waals surface area contributed by atoms with Crippen molar-refractivity contribution in [1.29, 1.82) is 0 Å². The number of nitrogens with one attached hydrogen (secondary N) is 1. The van der Waals surface area contributed by atoms with Gasteiger partial charge in [-0.1, -0.05) is 6.92 Å². The maximum absolute atomic E-state index is 11.6. The van der Waals surface area contributed by atoms with E-state index in [0.29, 0.717) is 18.7 Å². The Bertz CT molecular complexity index is 309. The summed E-state index contributed by atoms with van der Waals surface area (Å²) in [5, 5.41) is 15.4. The normalized spacial score (nSPS) is 10.3. The molecule has 0 aliphatic carbocycles. The van der Waals surface area contributed by atoms with E-state index in [9.17, 15) is 4.79 Å². The molecule has 1 aromatic heterocycles. The number of aliphatic hydroxyl groups is 1. The summed E-state index contributed by atoms with van der Waals surface area (Å²) in [6.07, 6.45) is 3.14. The summed E-state index contributed by atoms with van der Waals surface area (Å²) < 4.78 is 1.69. The molecule has 2 N–H and O–H groups in total. The molecule has 1 heterocycles. The maximum Gasteiger partial charge on any atom is 0.269 e. The molecule has 0 saturated heterocycles. The number of aliphatic hydroxyl groups excluding tert-OH is 1. The minimum absolute atomic E-state index is 0.0918. The second-order valence-corrected chi connectivity index (χ2v) is 3.27. The zero-order valence-corrected chi connectivity index (χ0v) is 8.94. The Morgan fingerprint density at radius 1 is 1.67 bits per heavy atom. The third kappa shape index (κ3) is 3.36. The Morgan fingerprint density at radius 3 is 3.13 bits per heavy atom. The number of rotatable bonds is 6. The van der Waals surface area contributed by atoms with Crippen molar-refractivity contribution < 1.29 is 9.90 Å². The van der Waals surface area contributed by atoms with Gasteiger partial charge in [0.05, 0.1) is 0 Å². The summed E-state index contributed by atoms with van der Waals surface area (Å²) >= 11 is 0. The second kappa shape index (κ2) is 6.19. The van der Waals surface area contributed by atoms with Gasteiger partial charge in [0.2, 0.25) is 0 Å². The zero-order valence-electron chi connectivity index (χ0n) is 8.94. The number of hydrogen-bond donors (Lipinski definition) is 2. The molecular formula is C10H17N3O2. The summed E-state index contributed by atoms with van der Waals surface area (Å²) in [4.78, 5) is 11.6. The van der Waals surface area contributed by atoms with Gasteiger partial charge in [0.25, 0.3) is 5.91 Å². The molecule has 15 heavy (non-hydrogen) atoms. The minimum Gasteiger partial charge on any atom is -0.396 e. The molecule has 0 aliphatic rings. The molecule has 0 bridgehead atoms. The number of carbonyl (C=O) groups excluding carboxylic acids is 1. The summed E-state index contributed by atoms with van der Waals surface area (Å²) in [5.41, 5.74) is 0.579. The van der Waals surface area contributed by atoms with E-state index in [1.165, 1.54) is 0 Å². The maximum atomic E-state index is 11.6. The van der Waals surface area contributed by atoms with Crippen molar-refractivity contribution >= 4 is 5.91 Å².